The minimum absolute atomic E-state index is 0.121. The fourth-order valence-corrected chi connectivity index (χ4v) is 3.23. The molecule has 0 spiro atoms. The second-order valence-electron chi connectivity index (χ2n) is 7.72. The molecule has 4 heteroatoms. The minimum Gasteiger partial charge on any atom is -0.396 e. The molecule has 0 unspecified atom stereocenters. The molecule has 0 aliphatic heterocycles. The second kappa shape index (κ2) is 12.3. The lowest BCUT2D eigenvalue weighted by Crippen LogP contribution is -2.48. The Morgan fingerprint density at radius 3 is 1.91 bits per heavy atom. The summed E-state index contributed by atoms with van der Waals surface area (Å²) in [4.78, 5) is 0. The van der Waals surface area contributed by atoms with Crippen LogP contribution in [0.3, 0.4) is 0 Å². The lowest BCUT2D eigenvalue weighted by molar-refractivity contribution is -0.877. The van der Waals surface area contributed by atoms with Crippen molar-refractivity contribution in [2.75, 3.05) is 54.1 Å². The third-order valence-electron chi connectivity index (χ3n) is 4.14. The van der Waals surface area contributed by atoms with Crippen LogP contribution in [-0.2, 0) is 4.74 Å². The molecular formula is C18H40NO3+. The monoisotopic (exact) mass is 318 g/mol. The van der Waals surface area contributed by atoms with E-state index in [0.717, 1.165) is 24.1 Å². The molecule has 4 nitrogen and oxygen atoms in total. The van der Waals surface area contributed by atoms with Crippen molar-refractivity contribution in [3.05, 3.63) is 0 Å². The molecule has 0 fully saturated rings. The third kappa shape index (κ3) is 11.4. The van der Waals surface area contributed by atoms with Gasteiger partial charge in [-0.2, -0.15) is 0 Å². The molecule has 0 saturated heterocycles. The molecule has 0 rings (SSSR count). The van der Waals surface area contributed by atoms with Gasteiger partial charge in [-0.15, -0.1) is 0 Å². The van der Waals surface area contributed by atoms with Crippen molar-refractivity contribution in [3.8, 4) is 0 Å². The van der Waals surface area contributed by atoms with Crippen molar-refractivity contribution in [3.63, 3.8) is 0 Å². The topological polar surface area (TPSA) is 49.7 Å². The Kier molecular flexibility index (Phi) is 12.2. The molecule has 22 heavy (non-hydrogen) atoms. The van der Waals surface area contributed by atoms with Crippen LogP contribution in [0, 0.1) is 5.41 Å². The Morgan fingerprint density at radius 1 is 0.864 bits per heavy atom. The average Bonchev–Trinajstić information content (AvgIpc) is 2.40. The van der Waals surface area contributed by atoms with Gasteiger partial charge in [0, 0.05) is 25.2 Å². The SMILES string of the molecule is CCCCCCCCOCC(CCO)(CCO)C[N+](C)(C)C. The van der Waals surface area contributed by atoms with Crippen molar-refractivity contribution < 1.29 is 19.4 Å². The first-order valence-electron chi connectivity index (χ1n) is 8.99. The number of nitrogens with zero attached hydrogens (tertiary/aromatic N) is 1. The van der Waals surface area contributed by atoms with Gasteiger partial charge in [-0.3, -0.25) is 0 Å². The van der Waals surface area contributed by atoms with E-state index in [4.69, 9.17) is 4.74 Å². The van der Waals surface area contributed by atoms with E-state index in [0.29, 0.717) is 19.4 Å². The Labute approximate surface area is 138 Å². The summed E-state index contributed by atoms with van der Waals surface area (Å²) < 4.78 is 6.74. The predicted molar refractivity (Wildman–Crippen MR) is 92.9 cm³/mol. The van der Waals surface area contributed by atoms with Gasteiger partial charge in [0.2, 0.25) is 0 Å². The van der Waals surface area contributed by atoms with Crippen LogP contribution in [0.4, 0.5) is 0 Å². The normalized spacial score (nSPS) is 12.8. The second-order valence-corrected chi connectivity index (χ2v) is 7.72. The van der Waals surface area contributed by atoms with Crippen LogP contribution in [0.5, 0.6) is 0 Å². The predicted octanol–water partition coefficient (Wildman–Crippen LogP) is 2.82. The summed E-state index contributed by atoms with van der Waals surface area (Å²) >= 11 is 0. The zero-order valence-electron chi connectivity index (χ0n) is 15.4. The van der Waals surface area contributed by atoms with E-state index in [1.54, 1.807) is 0 Å². The number of rotatable bonds is 15. The molecule has 0 aromatic heterocycles. The first-order valence-corrected chi connectivity index (χ1v) is 8.99. The highest BCUT2D eigenvalue weighted by Gasteiger charge is 2.35. The lowest BCUT2D eigenvalue weighted by atomic mass is 9.81. The van der Waals surface area contributed by atoms with Gasteiger partial charge < -0.3 is 19.4 Å². The molecule has 0 bridgehead atoms. The Bertz CT molecular complexity index is 245. The molecule has 0 heterocycles. The summed E-state index contributed by atoms with van der Waals surface area (Å²) in [5.74, 6) is 0. The lowest BCUT2D eigenvalue weighted by Gasteiger charge is -2.38. The molecule has 0 aromatic rings. The molecule has 2 N–H and O–H groups in total. The van der Waals surface area contributed by atoms with Gasteiger partial charge in [-0.05, 0) is 19.3 Å². The van der Waals surface area contributed by atoms with Crippen LogP contribution in [-0.4, -0.2) is 68.8 Å². The fourth-order valence-electron chi connectivity index (χ4n) is 3.23. The van der Waals surface area contributed by atoms with Crippen molar-refractivity contribution in [2.45, 2.75) is 58.3 Å². The minimum atomic E-state index is -0.121. The first kappa shape index (κ1) is 21.8. The Balaban J connectivity index is 4.17. The van der Waals surface area contributed by atoms with Crippen LogP contribution in [0.2, 0.25) is 0 Å². The standard InChI is InChI=1S/C18H40NO3/c1-5-6-7-8-9-10-15-22-17-18(11-13-20,12-14-21)16-19(2,3)4/h20-21H,5-17H2,1-4H3/q+1. The highest BCUT2D eigenvalue weighted by molar-refractivity contribution is 4.79. The van der Waals surface area contributed by atoms with Crippen LogP contribution >= 0.6 is 0 Å². The zero-order valence-corrected chi connectivity index (χ0v) is 15.4. The molecule has 0 aromatic carbocycles. The van der Waals surface area contributed by atoms with Gasteiger partial charge in [-0.1, -0.05) is 39.0 Å². The fraction of sp³-hybridized carbons (Fsp3) is 1.00. The van der Waals surface area contributed by atoms with E-state index in [2.05, 4.69) is 28.1 Å². The van der Waals surface area contributed by atoms with E-state index in [1.165, 1.54) is 32.1 Å². The first-order chi connectivity index (χ1) is 10.4. The smallest absolute Gasteiger partial charge is 0.0861 e. The summed E-state index contributed by atoms with van der Waals surface area (Å²) in [5, 5.41) is 18.8. The molecule has 134 valence electrons. The number of hydrogen-bond acceptors (Lipinski definition) is 3. The highest BCUT2D eigenvalue weighted by Crippen LogP contribution is 2.29. The molecule has 0 radical (unpaired) electrons. The molecule has 0 atom stereocenters. The van der Waals surface area contributed by atoms with Crippen molar-refractivity contribution >= 4 is 0 Å². The number of aliphatic hydroxyl groups excluding tert-OH is 2. The Morgan fingerprint density at radius 2 is 1.41 bits per heavy atom. The summed E-state index contributed by atoms with van der Waals surface area (Å²) in [5.41, 5.74) is -0.121. The van der Waals surface area contributed by atoms with Gasteiger partial charge >= 0.3 is 0 Å². The molecular weight excluding hydrogens is 278 g/mol. The van der Waals surface area contributed by atoms with Crippen molar-refractivity contribution in [2.24, 2.45) is 5.41 Å². The van der Waals surface area contributed by atoms with E-state index < -0.39 is 0 Å². The van der Waals surface area contributed by atoms with Gasteiger partial charge in [-0.25, -0.2) is 0 Å². The van der Waals surface area contributed by atoms with Crippen molar-refractivity contribution in [1.82, 2.24) is 0 Å². The number of ether oxygens (including phenoxy) is 1. The summed E-state index contributed by atoms with van der Waals surface area (Å²) in [6, 6.07) is 0. The van der Waals surface area contributed by atoms with E-state index in [-0.39, 0.29) is 18.6 Å². The van der Waals surface area contributed by atoms with Crippen LogP contribution in [0.25, 0.3) is 0 Å². The van der Waals surface area contributed by atoms with Gasteiger partial charge in [0.25, 0.3) is 0 Å². The van der Waals surface area contributed by atoms with Gasteiger partial charge in [0.15, 0.2) is 0 Å². The highest BCUT2D eigenvalue weighted by atomic mass is 16.5. The van der Waals surface area contributed by atoms with E-state index in [1.807, 2.05) is 0 Å². The largest absolute Gasteiger partial charge is 0.396 e. The van der Waals surface area contributed by atoms with Crippen molar-refractivity contribution in [1.29, 1.82) is 0 Å². The Hall–Kier alpha value is -0.160. The summed E-state index contributed by atoms with van der Waals surface area (Å²) in [7, 11) is 6.45. The maximum Gasteiger partial charge on any atom is 0.0861 e. The van der Waals surface area contributed by atoms with Crippen LogP contribution < -0.4 is 0 Å². The van der Waals surface area contributed by atoms with E-state index >= 15 is 0 Å². The van der Waals surface area contributed by atoms with Gasteiger partial charge in [0.1, 0.15) is 0 Å². The maximum absolute atomic E-state index is 9.40. The van der Waals surface area contributed by atoms with E-state index in [9.17, 15) is 10.2 Å². The third-order valence-corrected chi connectivity index (χ3v) is 4.14. The maximum atomic E-state index is 9.40. The quantitative estimate of drug-likeness (QED) is 0.360. The molecule has 0 amide bonds. The molecule has 0 aliphatic carbocycles. The van der Waals surface area contributed by atoms with Crippen LogP contribution in [0.1, 0.15) is 58.3 Å². The zero-order chi connectivity index (χ0) is 16.9. The number of hydrogen-bond donors (Lipinski definition) is 2. The van der Waals surface area contributed by atoms with Crippen LogP contribution in [0.15, 0.2) is 0 Å². The molecule has 0 saturated carbocycles. The number of aliphatic hydroxyl groups is 2. The van der Waals surface area contributed by atoms with Gasteiger partial charge in [0.05, 0.1) is 34.3 Å². The summed E-state index contributed by atoms with van der Waals surface area (Å²) in [6.45, 7) is 4.88. The molecule has 0 aliphatic rings. The number of quaternary nitrogens is 1. The summed E-state index contributed by atoms with van der Waals surface area (Å²) in [6.07, 6.45) is 8.99. The average molecular weight is 319 g/mol. The number of unbranched alkanes of at least 4 members (excludes halogenated alkanes) is 5.